The normalized spacial score (nSPS) is 11.0. The molecule has 16 heavy (non-hydrogen) atoms. The van der Waals surface area contributed by atoms with Gasteiger partial charge < -0.3 is 4.74 Å². The summed E-state index contributed by atoms with van der Waals surface area (Å²) in [6.07, 6.45) is 1.31. The van der Waals surface area contributed by atoms with Crippen LogP contribution in [0.15, 0.2) is 30.9 Å². The Balaban J connectivity index is 3.32. The van der Waals surface area contributed by atoms with Gasteiger partial charge in [0.05, 0.1) is 12.7 Å². The first kappa shape index (κ1) is 12.5. The molecule has 0 saturated carbocycles. The first-order valence-electron chi connectivity index (χ1n) is 5.25. The minimum Gasteiger partial charge on any atom is -0.496 e. The van der Waals surface area contributed by atoms with Crippen LogP contribution < -0.4 is 4.74 Å². The van der Waals surface area contributed by atoms with E-state index in [4.69, 9.17) is 4.74 Å². The average molecular weight is 218 g/mol. The van der Waals surface area contributed by atoms with Crippen molar-refractivity contribution in [2.75, 3.05) is 7.11 Å². The van der Waals surface area contributed by atoms with Crippen LogP contribution in [0, 0.1) is 0 Å². The molecule has 0 radical (unpaired) electrons. The summed E-state index contributed by atoms with van der Waals surface area (Å²) in [4.78, 5) is 11.7. The lowest BCUT2D eigenvalue weighted by molar-refractivity contribution is 0.104. The predicted molar refractivity (Wildman–Crippen MR) is 66.2 cm³/mol. The van der Waals surface area contributed by atoms with Gasteiger partial charge in [-0.05, 0) is 29.2 Å². The molecule has 0 aromatic heterocycles. The van der Waals surface area contributed by atoms with E-state index in [1.807, 2.05) is 18.2 Å². The number of hydrogen-bond donors (Lipinski definition) is 0. The van der Waals surface area contributed by atoms with E-state index in [-0.39, 0.29) is 11.2 Å². The SMILES string of the molecule is C=CC(=O)c1cc(C(C)(C)C)ccc1OC. The maximum Gasteiger partial charge on any atom is 0.188 e. The fourth-order valence-electron chi connectivity index (χ4n) is 1.48. The number of rotatable bonds is 3. The zero-order chi connectivity index (χ0) is 12.3. The molecule has 0 aliphatic heterocycles. The monoisotopic (exact) mass is 218 g/mol. The number of benzene rings is 1. The summed E-state index contributed by atoms with van der Waals surface area (Å²) >= 11 is 0. The Labute approximate surface area is 96.9 Å². The van der Waals surface area contributed by atoms with E-state index in [0.717, 1.165) is 5.56 Å². The molecule has 2 nitrogen and oxygen atoms in total. The number of ketones is 1. The van der Waals surface area contributed by atoms with E-state index in [1.54, 1.807) is 7.11 Å². The minimum atomic E-state index is -0.108. The van der Waals surface area contributed by atoms with Gasteiger partial charge in [0.2, 0.25) is 0 Å². The Morgan fingerprint density at radius 1 is 1.38 bits per heavy atom. The summed E-state index contributed by atoms with van der Waals surface area (Å²) in [7, 11) is 1.56. The van der Waals surface area contributed by atoms with E-state index in [2.05, 4.69) is 27.4 Å². The van der Waals surface area contributed by atoms with Crippen LogP contribution in [0.4, 0.5) is 0 Å². The van der Waals surface area contributed by atoms with Gasteiger partial charge in [-0.2, -0.15) is 0 Å². The predicted octanol–water partition coefficient (Wildman–Crippen LogP) is 3.36. The van der Waals surface area contributed by atoms with E-state index in [1.165, 1.54) is 6.08 Å². The van der Waals surface area contributed by atoms with Crippen molar-refractivity contribution in [2.24, 2.45) is 0 Å². The zero-order valence-electron chi connectivity index (χ0n) is 10.3. The smallest absolute Gasteiger partial charge is 0.188 e. The molecule has 86 valence electrons. The molecule has 0 unspecified atom stereocenters. The lowest BCUT2D eigenvalue weighted by Crippen LogP contribution is -2.12. The Kier molecular flexibility index (Phi) is 3.53. The van der Waals surface area contributed by atoms with Crippen molar-refractivity contribution in [1.82, 2.24) is 0 Å². The summed E-state index contributed by atoms with van der Waals surface area (Å²) in [6, 6.07) is 5.69. The van der Waals surface area contributed by atoms with Crippen molar-refractivity contribution in [2.45, 2.75) is 26.2 Å². The quantitative estimate of drug-likeness (QED) is 0.574. The third-order valence-corrected chi connectivity index (χ3v) is 2.52. The fourth-order valence-corrected chi connectivity index (χ4v) is 1.48. The molecular formula is C14H18O2. The van der Waals surface area contributed by atoms with E-state index >= 15 is 0 Å². The maximum absolute atomic E-state index is 11.7. The molecule has 0 amide bonds. The van der Waals surface area contributed by atoms with E-state index in [9.17, 15) is 4.79 Å². The van der Waals surface area contributed by atoms with Gasteiger partial charge >= 0.3 is 0 Å². The fraction of sp³-hybridized carbons (Fsp3) is 0.357. The van der Waals surface area contributed by atoms with Gasteiger partial charge in [-0.1, -0.05) is 33.4 Å². The summed E-state index contributed by atoms with van der Waals surface area (Å²) in [5.74, 6) is 0.487. The zero-order valence-corrected chi connectivity index (χ0v) is 10.3. The number of carbonyl (C=O) groups excluding carboxylic acids is 1. The molecule has 0 spiro atoms. The molecule has 0 atom stereocenters. The highest BCUT2D eigenvalue weighted by Gasteiger charge is 2.17. The second-order valence-electron chi connectivity index (χ2n) is 4.73. The Bertz CT molecular complexity index is 411. The molecule has 1 rings (SSSR count). The molecule has 0 aliphatic carbocycles. The van der Waals surface area contributed by atoms with Gasteiger partial charge in [0.25, 0.3) is 0 Å². The van der Waals surface area contributed by atoms with Crippen molar-refractivity contribution in [1.29, 1.82) is 0 Å². The van der Waals surface area contributed by atoms with Crippen molar-refractivity contribution in [3.05, 3.63) is 42.0 Å². The molecule has 1 aromatic rings. The van der Waals surface area contributed by atoms with Crippen molar-refractivity contribution >= 4 is 5.78 Å². The van der Waals surface area contributed by atoms with Gasteiger partial charge in [0.15, 0.2) is 5.78 Å². The molecular weight excluding hydrogens is 200 g/mol. The molecule has 0 saturated heterocycles. The molecule has 0 N–H and O–H groups in total. The largest absolute Gasteiger partial charge is 0.496 e. The number of carbonyl (C=O) groups is 1. The average Bonchev–Trinajstić information content (AvgIpc) is 2.25. The van der Waals surface area contributed by atoms with Gasteiger partial charge in [0, 0.05) is 0 Å². The van der Waals surface area contributed by atoms with Crippen LogP contribution in [0.25, 0.3) is 0 Å². The lowest BCUT2D eigenvalue weighted by atomic mass is 9.85. The third-order valence-electron chi connectivity index (χ3n) is 2.52. The summed E-state index contributed by atoms with van der Waals surface area (Å²) < 4.78 is 5.17. The van der Waals surface area contributed by atoms with Crippen molar-refractivity contribution in [3.63, 3.8) is 0 Å². The Morgan fingerprint density at radius 3 is 2.44 bits per heavy atom. The Morgan fingerprint density at radius 2 is 2.00 bits per heavy atom. The standard InChI is InChI=1S/C14H18O2/c1-6-12(15)11-9-10(14(2,3)4)7-8-13(11)16-5/h6-9H,1H2,2-5H3. The van der Waals surface area contributed by atoms with Gasteiger partial charge in [-0.25, -0.2) is 0 Å². The second kappa shape index (κ2) is 4.52. The van der Waals surface area contributed by atoms with Crippen LogP contribution in [0.3, 0.4) is 0 Å². The molecule has 0 aliphatic rings. The van der Waals surface area contributed by atoms with E-state index < -0.39 is 0 Å². The lowest BCUT2D eigenvalue weighted by Gasteiger charge is -2.20. The molecule has 1 aromatic carbocycles. The first-order chi connectivity index (χ1) is 7.40. The highest BCUT2D eigenvalue weighted by atomic mass is 16.5. The van der Waals surface area contributed by atoms with Gasteiger partial charge in [0.1, 0.15) is 5.75 Å². The number of hydrogen-bond acceptors (Lipinski definition) is 2. The first-order valence-corrected chi connectivity index (χ1v) is 5.25. The van der Waals surface area contributed by atoms with Crippen LogP contribution in [0.1, 0.15) is 36.7 Å². The molecule has 0 heterocycles. The van der Waals surface area contributed by atoms with Crippen LogP contribution in [0.5, 0.6) is 5.75 Å². The van der Waals surface area contributed by atoms with E-state index in [0.29, 0.717) is 11.3 Å². The highest BCUT2D eigenvalue weighted by molar-refractivity contribution is 6.06. The minimum absolute atomic E-state index is 0.0163. The van der Waals surface area contributed by atoms with Crippen LogP contribution in [-0.4, -0.2) is 12.9 Å². The molecule has 0 bridgehead atoms. The summed E-state index contributed by atoms with van der Waals surface area (Å²) in [5, 5.41) is 0. The molecule has 2 heteroatoms. The van der Waals surface area contributed by atoms with Gasteiger partial charge in [-0.3, -0.25) is 4.79 Å². The van der Waals surface area contributed by atoms with Crippen LogP contribution in [0.2, 0.25) is 0 Å². The Hall–Kier alpha value is -1.57. The topological polar surface area (TPSA) is 26.3 Å². The van der Waals surface area contributed by atoms with Crippen molar-refractivity contribution < 1.29 is 9.53 Å². The molecule has 0 fully saturated rings. The van der Waals surface area contributed by atoms with Crippen LogP contribution >= 0.6 is 0 Å². The number of ether oxygens (including phenoxy) is 1. The second-order valence-corrected chi connectivity index (χ2v) is 4.73. The highest BCUT2D eigenvalue weighted by Crippen LogP contribution is 2.28. The van der Waals surface area contributed by atoms with Crippen molar-refractivity contribution in [3.8, 4) is 5.75 Å². The van der Waals surface area contributed by atoms with Gasteiger partial charge in [-0.15, -0.1) is 0 Å². The van der Waals surface area contributed by atoms with Crippen LogP contribution in [-0.2, 0) is 5.41 Å². The summed E-state index contributed by atoms with van der Waals surface area (Å²) in [5.41, 5.74) is 1.70. The maximum atomic E-state index is 11.7. The summed E-state index contributed by atoms with van der Waals surface area (Å²) in [6.45, 7) is 9.82. The third kappa shape index (κ3) is 2.51. The number of methoxy groups -OCH3 is 1. The number of allylic oxidation sites excluding steroid dienone is 1.